The van der Waals surface area contributed by atoms with Gasteiger partial charge in [-0.15, -0.1) is 0 Å². The van der Waals surface area contributed by atoms with E-state index in [2.05, 4.69) is 15.3 Å². The maximum atomic E-state index is 6.16. The number of nitrogens with one attached hydrogen (secondary N) is 1. The molecule has 4 nitrogen and oxygen atoms in total. The Balaban J connectivity index is 2.44. The van der Waals surface area contributed by atoms with Gasteiger partial charge < -0.3 is 10.1 Å². The standard InChI is InChI=1S/C15H18ClN3O/c1-5-13-18-14(17-4)10(3)15(19-13)20-12-8-9(2)6-7-11(12)16/h6-8H,5H2,1-4H3,(H,17,18,19). The Morgan fingerprint density at radius 3 is 2.65 bits per heavy atom. The number of halogens is 1. The summed E-state index contributed by atoms with van der Waals surface area (Å²) in [4.78, 5) is 8.85. The maximum absolute atomic E-state index is 6.16. The van der Waals surface area contributed by atoms with Gasteiger partial charge >= 0.3 is 0 Å². The lowest BCUT2D eigenvalue weighted by Crippen LogP contribution is -2.04. The Morgan fingerprint density at radius 2 is 2.00 bits per heavy atom. The highest BCUT2D eigenvalue weighted by Crippen LogP contribution is 2.32. The average molecular weight is 292 g/mol. The lowest BCUT2D eigenvalue weighted by Gasteiger charge is -2.13. The highest BCUT2D eigenvalue weighted by Gasteiger charge is 2.13. The lowest BCUT2D eigenvalue weighted by molar-refractivity contribution is 0.455. The van der Waals surface area contributed by atoms with Gasteiger partial charge in [-0.25, -0.2) is 4.98 Å². The molecule has 2 aromatic rings. The van der Waals surface area contributed by atoms with Gasteiger partial charge in [-0.2, -0.15) is 4.98 Å². The smallest absolute Gasteiger partial charge is 0.227 e. The fraction of sp³-hybridized carbons (Fsp3) is 0.333. The van der Waals surface area contributed by atoms with Gasteiger partial charge in [0.15, 0.2) is 0 Å². The summed E-state index contributed by atoms with van der Waals surface area (Å²) >= 11 is 6.16. The van der Waals surface area contributed by atoms with Crippen molar-refractivity contribution in [1.82, 2.24) is 9.97 Å². The molecule has 0 aliphatic carbocycles. The van der Waals surface area contributed by atoms with Crippen LogP contribution in [0, 0.1) is 13.8 Å². The highest BCUT2D eigenvalue weighted by molar-refractivity contribution is 6.32. The number of aromatic nitrogens is 2. The van der Waals surface area contributed by atoms with E-state index in [-0.39, 0.29) is 0 Å². The van der Waals surface area contributed by atoms with Gasteiger partial charge in [0.1, 0.15) is 17.4 Å². The molecule has 0 saturated carbocycles. The molecule has 1 N–H and O–H groups in total. The SMILES string of the molecule is CCc1nc(NC)c(C)c(Oc2cc(C)ccc2Cl)n1. The highest BCUT2D eigenvalue weighted by atomic mass is 35.5. The fourth-order valence-corrected chi connectivity index (χ4v) is 1.99. The van der Waals surface area contributed by atoms with Crippen LogP contribution in [-0.2, 0) is 6.42 Å². The van der Waals surface area contributed by atoms with Gasteiger partial charge in [0.05, 0.1) is 10.6 Å². The molecule has 0 spiro atoms. The second-order valence-corrected chi connectivity index (χ2v) is 4.97. The van der Waals surface area contributed by atoms with Crippen molar-refractivity contribution in [2.24, 2.45) is 0 Å². The normalized spacial score (nSPS) is 10.4. The minimum absolute atomic E-state index is 0.536. The Kier molecular flexibility index (Phi) is 4.45. The average Bonchev–Trinajstić information content (AvgIpc) is 2.45. The molecule has 5 heteroatoms. The quantitative estimate of drug-likeness (QED) is 0.919. The monoisotopic (exact) mass is 291 g/mol. The molecule has 1 aromatic carbocycles. The van der Waals surface area contributed by atoms with Gasteiger partial charge in [-0.05, 0) is 31.5 Å². The van der Waals surface area contributed by atoms with Crippen LogP contribution in [-0.4, -0.2) is 17.0 Å². The minimum Gasteiger partial charge on any atom is -0.437 e. The van der Waals surface area contributed by atoms with Crippen LogP contribution >= 0.6 is 11.6 Å². The molecule has 0 radical (unpaired) electrons. The zero-order valence-corrected chi connectivity index (χ0v) is 12.9. The van der Waals surface area contributed by atoms with Crippen molar-refractivity contribution in [1.29, 1.82) is 0 Å². The van der Waals surface area contributed by atoms with E-state index in [9.17, 15) is 0 Å². The van der Waals surface area contributed by atoms with Gasteiger partial charge in [0.25, 0.3) is 0 Å². The van der Waals surface area contributed by atoms with E-state index in [4.69, 9.17) is 16.3 Å². The third kappa shape index (κ3) is 3.02. The lowest BCUT2D eigenvalue weighted by atomic mass is 10.2. The molecule has 1 heterocycles. The summed E-state index contributed by atoms with van der Waals surface area (Å²) in [5.41, 5.74) is 1.95. The van der Waals surface area contributed by atoms with Crippen LogP contribution in [0.4, 0.5) is 5.82 Å². The van der Waals surface area contributed by atoms with E-state index in [0.717, 1.165) is 29.2 Å². The molecule has 1 aromatic heterocycles. The maximum Gasteiger partial charge on any atom is 0.227 e. The van der Waals surface area contributed by atoms with E-state index < -0.39 is 0 Å². The summed E-state index contributed by atoms with van der Waals surface area (Å²) in [6.45, 7) is 5.92. The molecule has 0 atom stereocenters. The molecule has 0 saturated heterocycles. The zero-order valence-electron chi connectivity index (χ0n) is 12.1. The van der Waals surface area contributed by atoms with Gasteiger partial charge in [-0.1, -0.05) is 24.6 Å². The number of hydrogen-bond donors (Lipinski definition) is 1. The summed E-state index contributed by atoms with van der Waals surface area (Å²) in [6, 6.07) is 5.66. The van der Waals surface area contributed by atoms with Crippen LogP contribution in [0.15, 0.2) is 18.2 Å². The Bertz CT molecular complexity index is 629. The zero-order chi connectivity index (χ0) is 14.7. The van der Waals surface area contributed by atoms with E-state index in [1.807, 2.05) is 46.0 Å². The van der Waals surface area contributed by atoms with Gasteiger partial charge in [0, 0.05) is 13.5 Å². The van der Waals surface area contributed by atoms with Crippen molar-refractivity contribution in [2.75, 3.05) is 12.4 Å². The molecular formula is C15H18ClN3O. The summed E-state index contributed by atoms with van der Waals surface area (Å²) < 4.78 is 5.88. The third-order valence-electron chi connectivity index (χ3n) is 2.99. The van der Waals surface area contributed by atoms with Crippen molar-refractivity contribution in [3.8, 4) is 11.6 Å². The van der Waals surface area contributed by atoms with Crippen LogP contribution in [0.2, 0.25) is 5.02 Å². The van der Waals surface area contributed by atoms with Crippen molar-refractivity contribution >= 4 is 17.4 Å². The number of anilines is 1. The van der Waals surface area contributed by atoms with Crippen LogP contribution < -0.4 is 10.1 Å². The molecular weight excluding hydrogens is 274 g/mol. The first-order valence-electron chi connectivity index (χ1n) is 6.54. The van der Waals surface area contributed by atoms with Gasteiger partial charge in [-0.3, -0.25) is 0 Å². The molecule has 0 aliphatic rings. The Morgan fingerprint density at radius 1 is 1.25 bits per heavy atom. The second-order valence-electron chi connectivity index (χ2n) is 4.56. The van der Waals surface area contributed by atoms with Crippen LogP contribution in [0.3, 0.4) is 0 Å². The van der Waals surface area contributed by atoms with Crippen LogP contribution in [0.1, 0.15) is 23.9 Å². The fourth-order valence-electron chi connectivity index (χ4n) is 1.83. The Labute approximate surface area is 124 Å². The third-order valence-corrected chi connectivity index (χ3v) is 3.31. The topological polar surface area (TPSA) is 47.0 Å². The number of rotatable bonds is 4. The number of ether oxygens (including phenoxy) is 1. The molecule has 20 heavy (non-hydrogen) atoms. The van der Waals surface area contributed by atoms with Crippen molar-refractivity contribution in [3.05, 3.63) is 40.2 Å². The molecule has 0 fully saturated rings. The summed E-state index contributed by atoms with van der Waals surface area (Å²) in [7, 11) is 1.83. The number of benzene rings is 1. The summed E-state index contributed by atoms with van der Waals surface area (Å²) in [6.07, 6.45) is 0.743. The van der Waals surface area contributed by atoms with E-state index in [1.165, 1.54) is 0 Å². The van der Waals surface area contributed by atoms with Crippen LogP contribution in [0.25, 0.3) is 0 Å². The molecule has 0 bridgehead atoms. The molecule has 0 unspecified atom stereocenters. The van der Waals surface area contributed by atoms with Crippen molar-refractivity contribution in [3.63, 3.8) is 0 Å². The minimum atomic E-state index is 0.536. The second kappa shape index (κ2) is 6.09. The van der Waals surface area contributed by atoms with Crippen LogP contribution in [0.5, 0.6) is 11.6 Å². The first-order chi connectivity index (χ1) is 9.55. The first kappa shape index (κ1) is 14.6. The Hall–Kier alpha value is -1.81. The number of aryl methyl sites for hydroxylation is 2. The molecule has 2 rings (SSSR count). The van der Waals surface area contributed by atoms with E-state index >= 15 is 0 Å². The van der Waals surface area contributed by atoms with Crippen molar-refractivity contribution < 1.29 is 4.74 Å². The predicted molar refractivity (Wildman–Crippen MR) is 82.0 cm³/mol. The number of nitrogens with zero attached hydrogens (tertiary/aromatic N) is 2. The first-order valence-corrected chi connectivity index (χ1v) is 6.92. The van der Waals surface area contributed by atoms with E-state index in [0.29, 0.717) is 16.7 Å². The largest absolute Gasteiger partial charge is 0.437 e. The van der Waals surface area contributed by atoms with E-state index in [1.54, 1.807) is 0 Å². The number of hydrogen-bond acceptors (Lipinski definition) is 4. The molecule has 106 valence electrons. The summed E-state index contributed by atoms with van der Waals surface area (Å²) in [5.74, 6) is 2.65. The van der Waals surface area contributed by atoms with Gasteiger partial charge in [0.2, 0.25) is 5.88 Å². The summed E-state index contributed by atoms with van der Waals surface area (Å²) in [5, 5.41) is 3.63. The predicted octanol–water partition coefficient (Wildman–Crippen LogP) is 4.14. The molecule has 0 aliphatic heterocycles. The van der Waals surface area contributed by atoms with Crippen molar-refractivity contribution in [2.45, 2.75) is 27.2 Å². The molecule has 0 amide bonds.